The third-order valence-electron chi connectivity index (χ3n) is 21.3. The number of fused-ring (bicyclic) bond motifs is 2. The van der Waals surface area contributed by atoms with E-state index in [2.05, 4.69) is 113 Å². The van der Waals surface area contributed by atoms with Gasteiger partial charge in [0.25, 0.3) is 23.6 Å². The number of carbonyl (C=O) groups is 4. The lowest BCUT2D eigenvalue weighted by Crippen LogP contribution is -2.43. The van der Waals surface area contributed by atoms with Crippen molar-refractivity contribution in [3.8, 4) is 0 Å². The van der Waals surface area contributed by atoms with Crippen LogP contribution in [0.4, 0.5) is 0 Å². The quantitative estimate of drug-likeness (QED) is 0.0248. The van der Waals surface area contributed by atoms with Crippen LogP contribution >= 0.6 is 165 Å². The molecule has 8 aliphatic rings. The molecule has 0 N–H and O–H groups in total. The van der Waals surface area contributed by atoms with Gasteiger partial charge < -0.3 is 0 Å². The smallest absolute Gasteiger partial charge is 0.261 e. The molecule has 0 unspecified atom stereocenters. The third-order valence-corrected chi connectivity index (χ3v) is 42.2. The zero-order valence-corrected chi connectivity index (χ0v) is 68.0. The van der Waals surface area contributed by atoms with Gasteiger partial charge in [-0.25, -0.2) is 0 Å². The molecule has 6 heterocycles. The number of hydrogen-bond donors (Lipinski definition) is 0. The Labute approximate surface area is 630 Å². The van der Waals surface area contributed by atoms with Crippen molar-refractivity contribution in [2.24, 2.45) is 47.3 Å². The molecule has 5 aromatic rings. The maximum Gasteiger partial charge on any atom is 0.261 e. The number of imide groups is 2. The zero-order valence-electron chi connectivity index (χ0n) is 56.6. The summed E-state index contributed by atoms with van der Waals surface area (Å²) < 4.78 is 14.7. The second kappa shape index (κ2) is 33.9. The fourth-order valence-corrected chi connectivity index (χ4v) is 36.0. The lowest BCUT2D eigenvalue weighted by Gasteiger charge is -2.35. The van der Waals surface area contributed by atoms with E-state index in [-0.39, 0.29) is 35.5 Å². The standard InChI is InChI=1S/C76H90N2O4S14/c1-9-43(10-2)35-85-69-70(86-36-44(11-3)12-4)94-75(93-69)73-89-41-59(91-73)83-39-49-21-17-47(18-22-49)33-77-65(79)55-29-25-51-53-27-31-57-64-58(32-28-54(62(53)64)52-26-30-56(66(77)80)63(55)61(51)52)68(82)78(67(57)81)34-48-19-23-50(24-20-48)40-84-60-42-90-74(92-60)76-95-71(87-37-45(13-5)14-6)72(96-76)88-38-46(15-7)16-8/h25-32,41-50H,9-24,33-40H2,1-8H3. The first-order valence-electron chi connectivity index (χ1n) is 35.3. The molecule has 0 aromatic heterocycles. The van der Waals surface area contributed by atoms with E-state index in [4.69, 9.17) is 0 Å². The Hall–Kier alpha value is -0.980. The van der Waals surface area contributed by atoms with Gasteiger partial charge >= 0.3 is 0 Å². The van der Waals surface area contributed by atoms with E-state index in [0.29, 0.717) is 47.2 Å². The van der Waals surface area contributed by atoms with Gasteiger partial charge in [-0.05, 0) is 166 Å². The summed E-state index contributed by atoms with van der Waals surface area (Å²) in [7, 11) is 0. The summed E-state index contributed by atoms with van der Waals surface area (Å²) in [4.78, 5) is 61.9. The van der Waals surface area contributed by atoms with Crippen LogP contribution in [0.3, 0.4) is 0 Å². The number of carbonyl (C=O) groups excluding carboxylic acids is 4. The minimum absolute atomic E-state index is 0.210. The normalized spacial score (nSPS) is 22.0. The summed E-state index contributed by atoms with van der Waals surface area (Å²) in [6, 6.07) is 15.8. The Morgan fingerprint density at radius 3 is 0.885 bits per heavy atom. The second-order valence-corrected chi connectivity index (χ2v) is 43.8. The first kappa shape index (κ1) is 73.3. The van der Waals surface area contributed by atoms with Crippen molar-refractivity contribution in [1.29, 1.82) is 0 Å². The van der Waals surface area contributed by atoms with Crippen molar-refractivity contribution >= 4 is 231 Å². The first-order chi connectivity index (χ1) is 46.8. The van der Waals surface area contributed by atoms with E-state index in [9.17, 15) is 19.2 Å². The molecule has 4 amide bonds. The molecule has 96 heavy (non-hydrogen) atoms. The highest BCUT2D eigenvalue weighted by molar-refractivity contribution is 8.44. The molecule has 0 spiro atoms. The Balaban J connectivity index is 0.602. The Bertz CT molecular complexity index is 3540. The van der Waals surface area contributed by atoms with Crippen molar-refractivity contribution in [2.75, 3.05) is 47.6 Å². The minimum atomic E-state index is -0.210. The van der Waals surface area contributed by atoms with Gasteiger partial charge in [-0.15, -0.1) is 70.6 Å². The number of amides is 4. The molecule has 2 saturated carbocycles. The maximum absolute atomic E-state index is 14.7. The fraction of sp³-hybridized carbons (Fsp3) is 0.526. The van der Waals surface area contributed by atoms with Crippen molar-refractivity contribution in [2.45, 2.75) is 158 Å². The van der Waals surface area contributed by atoms with Crippen LogP contribution in [0.1, 0.15) is 200 Å². The van der Waals surface area contributed by atoms with E-state index in [0.717, 1.165) is 130 Å². The molecule has 6 aliphatic heterocycles. The van der Waals surface area contributed by atoms with Gasteiger partial charge in [-0.2, -0.15) is 0 Å². The average molecular weight is 1540 g/mol. The summed E-state index contributed by atoms with van der Waals surface area (Å²) >= 11 is 28.3. The summed E-state index contributed by atoms with van der Waals surface area (Å²) in [5.41, 5.74) is 2.29. The second-order valence-electron chi connectivity index (χ2n) is 27.0. The lowest BCUT2D eigenvalue weighted by atomic mass is 9.80. The van der Waals surface area contributed by atoms with Crippen molar-refractivity contribution in [3.05, 3.63) is 124 Å². The maximum atomic E-state index is 14.7. The number of thioether (sulfide) groups is 14. The number of rotatable bonds is 30. The Kier molecular flexibility index (Phi) is 25.9. The molecule has 512 valence electrons. The number of nitrogens with zero attached hydrogens (tertiary/aromatic N) is 2. The van der Waals surface area contributed by atoms with E-state index in [1.165, 1.54) is 117 Å². The summed E-state index contributed by atoms with van der Waals surface area (Å²) in [6.07, 6.45) is 18.4. The molecule has 2 aliphatic carbocycles. The van der Waals surface area contributed by atoms with E-state index >= 15 is 0 Å². The molecule has 0 atom stereocenters. The van der Waals surface area contributed by atoms with E-state index in [1.54, 1.807) is 9.80 Å². The van der Waals surface area contributed by atoms with Crippen LogP contribution in [0.2, 0.25) is 0 Å². The van der Waals surface area contributed by atoms with Gasteiger partial charge in [-0.1, -0.05) is 225 Å². The van der Waals surface area contributed by atoms with Crippen LogP contribution in [-0.4, -0.2) is 81.0 Å². The predicted molar refractivity (Wildman–Crippen MR) is 445 cm³/mol. The third kappa shape index (κ3) is 15.8. The zero-order chi connectivity index (χ0) is 66.7. The largest absolute Gasteiger partial charge is 0.274 e. The molecule has 6 nitrogen and oxygen atoms in total. The van der Waals surface area contributed by atoms with Gasteiger partial charge in [-0.3, -0.25) is 29.0 Å². The van der Waals surface area contributed by atoms with Crippen molar-refractivity contribution < 1.29 is 19.2 Å². The number of benzene rings is 5. The molecular weight excluding hydrogens is 1450 g/mol. The topological polar surface area (TPSA) is 74.8 Å². The molecule has 20 heteroatoms. The highest BCUT2D eigenvalue weighted by Gasteiger charge is 2.40. The SMILES string of the molecule is CCC(CC)CSC1=C(SCC(CC)CC)SC(=C2SC=C(SCC3CCC(CN4C(=O)c5ccc6c7ccc8c9c(ccc(c%10ccc(c5c6%10)C4=O)c97)C(=O)N(CC4CCC(CSC5=CSC(=C6SC(SCC(CC)CC)=C(SCC(CC)CC)S6)S5)CC4)C8=O)CC3)S2)S1. The van der Waals surface area contributed by atoms with Crippen LogP contribution in [0, 0.1) is 47.3 Å². The lowest BCUT2D eigenvalue weighted by molar-refractivity contribution is 0.0553. The summed E-state index contributed by atoms with van der Waals surface area (Å²) in [5, 5.41) is 11.7. The van der Waals surface area contributed by atoms with Gasteiger partial charge in [0, 0.05) is 80.6 Å². The first-order valence-corrected chi connectivity index (χ1v) is 47.9. The van der Waals surface area contributed by atoms with Crippen LogP contribution in [0.25, 0.3) is 43.1 Å². The molecule has 0 saturated heterocycles. The van der Waals surface area contributed by atoms with Crippen LogP contribution in [0.15, 0.2) is 102 Å². The van der Waals surface area contributed by atoms with Crippen LogP contribution in [0.5, 0.6) is 0 Å². The molecular formula is C76H90N2O4S14. The summed E-state index contributed by atoms with van der Waals surface area (Å²) in [6.45, 7) is 19.5. The van der Waals surface area contributed by atoms with Gasteiger partial charge in [0.1, 0.15) is 0 Å². The summed E-state index contributed by atoms with van der Waals surface area (Å²) in [5.74, 6) is 11.0. The van der Waals surface area contributed by atoms with Crippen molar-refractivity contribution in [3.63, 3.8) is 0 Å². The predicted octanol–water partition coefficient (Wildman–Crippen LogP) is 26.7. The van der Waals surface area contributed by atoms with Gasteiger partial charge in [0.15, 0.2) is 0 Å². The van der Waals surface area contributed by atoms with E-state index in [1.807, 2.05) is 166 Å². The van der Waals surface area contributed by atoms with Crippen LogP contribution in [-0.2, 0) is 0 Å². The highest BCUT2D eigenvalue weighted by Crippen LogP contribution is 2.66. The van der Waals surface area contributed by atoms with Crippen molar-refractivity contribution in [1.82, 2.24) is 9.80 Å². The molecule has 5 aromatic carbocycles. The molecule has 0 radical (unpaired) electrons. The molecule has 0 bridgehead atoms. The average Bonchev–Trinajstić information content (AvgIpc) is 0.697. The van der Waals surface area contributed by atoms with Crippen LogP contribution < -0.4 is 0 Å². The number of hydrogen-bond acceptors (Lipinski definition) is 18. The Morgan fingerprint density at radius 1 is 0.344 bits per heavy atom. The molecule has 13 rings (SSSR count). The van der Waals surface area contributed by atoms with Gasteiger partial charge in [0.05, 0.1) is 42.4 Å². The Morgan fingerprint density at radius 2 is 0.615 bits per heavy atom. The molecule has 2 fully saturated rings. The fourth-order valence-electron chi connectivity index (χ4n) is 14.5. The minimum Gasteiger partial charge on any atom is -0.274 e. The highest BCUT2D eigenvalue weighted by atomic mass is 32.3. The van der Waals surface area contributed by atoms with E-state index < -0.39 is 0 Å². The monoisotopic (exact) mass is 1540 g/mol. The van der Waals surface area contributed by atoms with Gasteiger partial charge in [0.2, 0.25) is 0 Å².